The Kier molecular flexibility index (Phi) is 3.91. The average Bonchev–Trinajstić information content (AvgIpc) is 3.09. The number of nitrogens with one attached hydrogen (secondary N) is 1. The SMILES string of the molecule is CN1CCC(C2=Nc3[nH]ncc3C(c3ccccc3)C2C#N)CC1. The Hall–Kier alpha value is -2.45. The summed E-state index contributed by atoms with van der Waals surface area (Å²) < 4.78 is 0. The van der Waals surface area contributed by atoms with Crippen LogP contribution in [0.4, 0.5) is 5.82 Å². The predicted octanol–water partition coefficient (Wildman–Crippen LogP) is 3.11. The summed E-state index contributed by atoms with van der Waals surface area (Å²) in [5.74, 6) is 1.00. The van der Waals surface area contributed by atoms with Gasteiger partial charge in [0.1, 0.15) is 0 Å². The normalized spacial score (nSPS) is 24.9. The Morgan fingerprint density at radius 3 is 2.67 bits per heavy atom. The van der Waals surface area contributed by atoms with Crippen molar-refractivity contribution in [2.24, 2.45) is 16.8 Å². The monoisotopic (exact) mass is 319 g/mol. The number of aliphatic imine (C=N–C) groups is 1. The molecule has 24 heavy (non-hydrogen) atoms. The summed E-state index contributed by atoms with van der Waals surface area (Å²) >= 11 is 0. The van der Waals surface area contributed by atoms with Crippen LogP contribution in [0.15, 0.2) is 41.5 Å². The summed E-state index contributed by atoms with van der Waals surface area (Å²) in [6.07, 6.45) is 3.96. The van der Waals surface area contributed by atoms with Gasteiger partial charge in [-0.25, -0.2) is 4.99 Å². The second-order valence-electron chi connectivity index (χ2n) is 6.78. The first-order valence-electron chi connectivity index (χ1n) is 8.52. The molecule has 122 valence electrons. The quantitative estimate of drug-likeness (QED) is 0.925. The highest BCUT2D eigenvalue weighted by atomic mass is 15.2. The summed E-state index contributed by atoms with van der Waals surface area (Å²) in [5.41, 5.74) is 3.23. The lowest BCUT2D eigenvalue weighted by atomic mass is 9.73. The Morgan fingerprint density at radius 2 is 1.96 bits per heavy atom. The number of aromatic amines is 1. The van der Waals surface area contributed by atoms with Crippen molar-refractivity contribution in [1.29, 1.82) is 5.26 Å². The van der Waals surface area contributed by atoms with E-state index in [1.165, 1.54) is 0 Å². The molecule has 1 fully saturated rings. The molecule has 2 aromatic rings. The van der Waals surface area contributed by atoms with Gasteiger partial charge in [-0.2, -0.15) is 10.4 Å². The number of aromatic nitrogens is 2. The molecule has 2 aliphatic rings. The fourth-order valence-electron chi connectivity index (χ4n) is 3.98. The zero-order chi connectivity index (χ0) is 16.5. The summed E-state index contributed by atoms with van der Waals surface area (Å²) in [6, 6.07) is 12.8. The number of nitrogens with zero attached hydrogens (tertiary/aromatic N) is 4. The minimum atomic E-state index is -0.217. The van der Waals surface area contributed by atoms with Crippen LogP contribution in [0.5, 0.6) is 0 Å². The van der Waals surface area contributed by atoms with Gasteiger partial charge in [-0.1, -0.05) is 30.3 Å². The van der Waals surface area contributed by atoms with Gasteiger partial charge in [0.05, 0.1) is 18.2 Å². The summed E-state index contributed by atoms with van der Waals surface area (Å²) in [7, 11) is 2.15. The molecule has 1 aromatic heterocycles. The first-order valence-corrected chi connectivity index (χ1v) is 8.52. The molecule has 0 amide bonds. The van der Waals surface area contributed by atoms with Crippen molar-refractivity contribution in [3.63, 3.8) is 0 Å². The number of piperidine rings is 1. The summed E-state index contributed by atoms with van der Waals surface area (Å²) in [4.78, 5) is 7.18. The van der Waals surface area contributed by atoms with E-state index in [4.69, 9.17) is 4.99 Å². The predicted molar refractivity (Wildman–Crippen MR) is 93.3 cm³/mol. The second kappa shape index (κ2) is 6.21. The van der Waals surface area contributed by atoms with Gasteiger partial charge in [-0.3, -0.25) is 5.10 Å². The lowest BCUT2D eigenvalue weighted by molar-refractivity contribution is 0.249. The van der Waals surface area contributed by atoms with Crippen molar-refractivity contribution in [2.45, 2.75) is 18.8 Å². The van der Waals surface area contributed by atoms with Crippen molar-refractivity contribution >= 4 is 11.5 Å². The first-order chi connectivity index (χ1) is 11.8. The molecule has 5 nitrogen and oxygen atoms in total. The van der Waals surface area contributed by atoms with Crippen LogP contribution in [-0.2, 0) is 0 Å². The van der Waals surface area contributed by atoms with Crippen molar-refractivity contribution in [2.75, 3.05) is 20.1 Å². The molecule has 2 unspecified atom stereocenters. The van der Waals surface area contributed by atoms with E-state index in [1.807, 2.05) is 24.4 Å². The lowest BCUT2D eigenvalue weighted by Crippen LogP contribution is -2.38. The highest BCUT2D eigenvalue weighted by Gasteiger charge is 2.39. The fraction of sp³-hybridized carbons (Fsp3) is 0.421. The Balaban J connectivity index is 1.77. The molecule has 0 aliphatic carbocycles. The van der Waals surface area contributed by atoms with Gasteiger partial charge in [0.2, 0.25) is 0 Å². The van der Waals surface area contributed by atoms with Gasteiger partial charge in [0, 0.05) is 23.1 Å². The van der Waals surface area contributed by atoms with Crippen molar-refractivity contribution in [3.8, 4) is 6.07 Å². The van der Waals surface area contributed by atoms with Gasteiger partial charge in [0.15, 0.2) is 5.82 Å². The van der Waals surface area contributed by atoms with E-state index in [0.717, 1.165) is 48.6 Å². The number of benzene rings is 1. The standard InChI is InChI=1S/C19H21N5/c1-24-9-7-14(8-10-24)18-15(11-20)17(13-5-3-2-4-6-13)16-12-21-23-19(16)22-18/h2-6,12,14-15,17H,7-10H2,1H3,(H,21,23). The number of H-pyrrole nitrogens is 1. The van der Waals surface area contributed by atoms with Crippen LogP contribution in [0.25, 0.3) is 0 Å². The van der Waals surface area contributed by atoms with E-state index in [1.54, 1.807) is 0 Å². The highest BCUT2D eigenvalue weighted by Crippen LogP contribution is 2.43. The van der Waals surface area contributed by atoms with Gasteiger partial charge < -0.3 is 4.90 Å². The molecule has 0 bridgehead atoms. The van der Waals surface area contributed by atoms with E-state index in [2.05, 4.69) is 40.3 Å². The number of nitriles is 1. The Morgan fingerprint density at radius 1 is 1.21 bits per heavy atom. The largest absolute Gasteiger partial charge is 0.306 e. The molecule has 2 atom stereocenters. The minimum Gasteiger partial charge on any atom is -0.306 e. The zero-order valence-corrected chi connectivity index (χ0v) is 13.8. The fourth-order valence-corrected chi connectivity index (χ4v) is 3.98. The van der Waals surface area contributed by atoms with Crippen molar-refractivity contribution < 1.29 is 0 Å². The third-order valence-electron chi connectivity index (χ3n) is 5.31. The smallest absolute Gasteiger partial charge is 0.151 e. The van der Waals surface area contributed by atoms with Crippen LogP contribution in [0, 0.1) is 23.2 Å². The average molecular weight is 319 g/mol. The molecule has 1 N–H and O–H groups in total. The third kappa shape index (κ3) is 2.53. The van der Waals surface area contributed by atoms with E-state index < -0.39 is 0 Å². The van der Waals surface area contributed by atoms with E-state index in [-0.39, 0.29) is 11.8 Å². The van der Waals surface area contributed by atoms with E-state index in [9.17, 15) is 5.26 Å². The van der Waals surface area contributed by atoms with Gasteiger partial charge in [-0.15, -0.1) is 0 Å². The number of rotatable bonds is 2. The Bertz CT molecular complexity index is 778. The molecular formula is C19H21N5. The van der Waals surface area contributed by atoms with Gasteiger partial charge >= 0.3 is 0 Å². The van der Waals surface area contributed by atoms with Gasteiger partial charge in [0.25, 0.3) is 0 Å². The molecule has 0 radical (unpaired) electrons. The van der Waals surface area contributed by atoms with Crippen LogP contribution in [-0.4, -0.2) is 40.9 Å². The second-order valence-corrected chi connectivity index (χ2v) is 6.78. The van der Waals surface area contributed by atoms with E-state index >= 15 is 0 Å². The zero-order valence-electron chi connectivity index (χ0n) is 13.8. The minimum absolute atomic E-state index is 0.0112. The van der Waals surface area contributed by atoms with Crippen LogP contribution < -0.4 is 0 Å². The summed E-state index contributed by atoms with van der Waals surface area (Å²) in [6.45, 7) is 2.13. The molecule has 5 heteroatoms. The van der Waals surface area contributed by atoms with Crippen LogP contribution in [0.3, 0.4) is 0 Å². The number of fused-ring (bicyclic) bond motifs is 1. The van der Waals surface area contributed by atoms with Crippen molar-refractivity contribution in [3.05, 3.63) is 47.7 Å². The first kappa shape index (κ1) is 15.1. The molecular weight excluding hydrogens is 298 g/mol. The molecule has 4 rings (SSSR count). The Labute approximate surface area is 142 Å². The molecule has 2 aliphatic heterocycles. The maximum absolute atomic E-state index is 9.97. The van der Waals surface area contributed by atoms with Crippen LogP contribution in [0.1, 0.15) is 29.9 Å². The van der Waals surface area contributed by atoms with Gasteiger partial charge in [-0.05, 0) is 38.5 Å². The molecule has 3 heterocycles. The van der Waals surface area contributed by atoms with E-state index in [0.29, 0.717) is 5.92 Å². The number of hydrogen-bond donors (Lipinski definition) is 1. The maximum Gasteiger partial charge on any atom is 0.151 e. The van der Waals surface area contributed by atoms with Crippen LogP contribution in [0.2, 0.25) is 0 Å². The number of hydrogen-bond acceptors (Lipinski definition) is 4. The van der Waals surface area contributed by atoms with Crippen LogP contribution >= 0.6 is 0 Å². The van der Waals surface area contributed by atoms with Crippen molar-refractivity contribution in [1.82, 2.24) is 15.1 Å². The number of likely N-dealkylation sites (tertiary alicyclic amines) is 1. The summed E-state index contributed by atoms with van der Waals surface area (Å²) in [5, 5.41) is 17.2. The molecule has 1 aromatic carbocycles. The molecule has 0 saturated carbocycles. The lowest BCUT2D eigenvalue weighted by Gasteiger charge is -2.35. The topological polar surface area (TPSA) is 68.1 Å². The highest BCUT2D eigenvalue weighted by molar-refractivity contribution is 5.96. The molecule has 0 spiro atoms. The molecule has 1 saturated heterocycles. The third-order valence-corrected chi connectivity index (χ3v) is 5.31. The maximum atomic E-state index is 9.97.